The van der Waals surface area contributed by atoms with Crippen molar-refractivity contribution in [3.63, 3.8) is 0 Å². The second kappa shape index (κ2) is 9.18. The summed E-state index contributed by atoms with van der Waals surface area (Å²) in [5, 5.41) is 9.54. The molecule has 0 fully saturated rings. The number of nitrogens with zero attached hydrogens (tertiary/aromatic N) is 1. The van der Waals surface area contributed by atoms with Crippen LogP contribution < -0.4 is 4.74 Å². The Kier molecular flexibility index (Phi) is 6.66. The van der Waals surface area contributed by atoms with E-state index in [1.807, 2.05) is 55.5 Å². The molecular formula is C23H16Br2FNO. The molecule has 0 amide bonds. The van der Waals surface area contributed by atoms with E-state index in [1.54, 1.807) is 6.07 Å². The molecule has 0 unspecified atom stereocenters. The number of ether oxygens (including phenoxy) is 1. The summed E-state index contributed by atoms with van der Waals surface area (Å²) in [6.07, 6.45) is 1.83. The Morgan fingerprint density at radius 3 is 2.36 bits per heavy atom. The van der Waals surface area contributed by atoms with Gasteiger partial charge >= 0.3 is 0 Å². The second-order valence-corrected chi connectivity index (χ2v) is 7.98. The zero-order valence-electron chi connectivity index (χ0n) is 15.0. The highest BCUT2D eigenvalue weighted by molar-refractivity contribution is 9.11. The van der Waals surface area contributed by atoms with E-state index >= 15 is 0 Å². The first-order valence-electron chi connectivity index (χ1n) is 8.51. The Labute approximate surface area is 180 Å². The zero-order valence-corrected chi connectivity index (χ0v) is 18.2. The summed E-state index contributed by atoms with van der Waals surface area (Å²) in [5.74, 6) is 0.329. The molecule has 0 atom stereocenters. The summed E-state index contributed by atoms with van der Waals surface area (Å²) in [5.41, 5.74) is 4.19. The van der Waals surface area contributed by atoms with Crippen LogP contribution in [0, 0.1) is 24.1 Å². The van der Waals surface area contributed by atoms with Crippen LogP contribution in [-0.4, -0.2) is 0 Å². The smallest absolute Gasteiger partial charge is 0.148 e. The lowest BCUT2D eigenvalue weighted by Gasteiger charge is -2.12. The molecule has 0 aliphatic heterocycles. The molecule has 0 spiro atoms. The molecule has 28 heavy (non-hydrogen) atoms. The third kappa shape index (κ3) is 5.09. The minimum atomic E-state index is -0.292. The normalized spacial score (nSPS) is 11.2. The Morgan fingerprint density at radius 1 is 1.07 bits per heavy atom. The summed E-state index contributed by atoms with van der Waals surface area (Å²) in [6.45, 7) is 2.26. The van der Waals surface area contributed by atoms with Gasteiger partial charge in [0, 0.05) is 0 Å². The van der Waals surface area contributed by atoms with Crippen LogP contribution in [0.15, 0.2) is 69.6 Å². The van der Waals surface area contributed by atoms with Crippen molar-refractivity contribution in [3.8, 4) is 11.8 Å². The molecule has 5 heteroatoms. The van der Waals surface area contributed by atoms with Crippen LogP contribution in [0.3, 0.4) is 0 Å². The standard InChI is InChI=1S/C23H16Br2FNO/c1-15-5-7-18(8-6-15)19(13-27)9-17-11-21(24)23(22(25)12-17)28-14-16-3-2-4-20(26)10-16/h2-12H,14H2,1H3/b19-9+. The number of allylic oxidation sites excluding steroid dienone is 1. The van der Waals surface area contributed by atoms with Crippen molar-refractivity contribution in [2.24, 2.45) is 0 Å². The van der Waals surface area contributed by atoms with Crippen LogP contribution in [0.25, 0.3) is 11.6 Å². The molecule has 0 aliphatic carbocycles. The molecular weight excluding hydrogens is 485 g/mol. The third-order valence-electron chi connectivity index (χ3n) is 4.09. The number of hydrogen-bond donors (Lipinski definition) is 0. The van der Waals surface area contributed by atoms with Gasteiger partial charge in [0.2, 0.25) is 0 Å². The molecule has 0 saturated heterocycles. The quantitative estimate of drug-likeness (QED) is 0.272. The minimum Gasteiger partial charge on any atom is -0.487 e. The van der Waals surface area contributed by atoms with Crippen LogP contribution >= 0.6 is 31.9 Å². The number of rotatable bonds is 5. The fourth-order valence-electron chi connectivity index (χ4n) is 2.66. The Bertz CT molecular complexity index is 1050. The van der Waals surface area contributed by atoms with E-state index < -0.39 is 0 Å². The van der Waals surface area contributed by atoms with Gasteiger partial charge in [-0.3, -0.25) is 0 Å². The van der Waals surface area contributed by atoms with Crippen molar-refractivity contribution in [1.82, 2.24) is 0 Å². The zero-order chi connectivity index (χ0) is 20.1. The molecule has 3 aromatic rings. The second-order valence-electron chi connectivity index (χ2n) is 6.27. The molecule has 3 rings (SSSR count). The highest BCUT2D eigenvalue weighted by Gasteiger charge is 2.10. The predicted octanol–water partition coefficient (Wildman–Crippen LogP) is 7.30. The predicted molar refractivity (Wildman–Crippen MR) is 117 cm³/mol. The molecule has 0 radical (unpaired) electrons. The van der Waals surface area contributed by atoms with Gasteiger partial charge in [-0.1, -0.05) is 42.0 Å². The van der Waals surface area contributed by atoms with Crippen molar-refractivity contribution < 1.29 is 9.13 Å². The van der Waals surface area contributed by atoms with Gasteiger partial charge in [-0.05, 0) is 85.8 Å². The molecule has 0 aromatic heterocycles. The average Bonchev–Trinajstić information content (AvgIpc) is 2.66. The maximum absolute atomic E-state index is 13.3. The Morgan fingerprint density at radius 2 is 1.75 bits per heavy atom. The number of halogens is 3. The van der Waals surface area contributed by atoms with Gasteiger partial charge in [-0.15, -0.1) is 0 Å². The van der Waals surface area contributed by atoms with Crippen LogP contribution in [0.1, 0.15) is 22.3 Å². The van der Waals surface area contributed by atoms with E-state index in [2.05, 4.69) is 37.9 Å². The van der Waals surface area contributed by atoms with Gasteiger partial charge in [0.1, 0.15) is 18.2 Å². The van der Waals surface area contributed by atoms with Gasteiger partial charge < -0.3 is 4.74 Å². The van der Waals surface area contributed by atoms with Crippen LogP contribution in [0.4, 0.5) is 4.39 Å². The van der Waals surface area contributed by atoms with Gasteiger partial charge in [0.05, 0.1) is 20.6 Å². The van der Waals surface area contributed by atoms with E-state index in [4.69, 9.17) is 4.74 Å². The Balaban J connectivity index is 1.84. The summed E-state index contributed by atoms with van der Waals surface area (Å²) in [6, 6.07) is 20.2. The van der Waals surface area contributed by atoms with E-state index in [-0.39, 0.29) is 12.4 Å². The molecule has 2 nitrogen and oxygen atoms in total. The molecule has 0 heterocycles. The largest absolute Gasteiger partial charge is 0.487 e. The number of hydrogen-bond acceptors (Lipinski definition) is 2. The Hall–Kier alpha value is -2.42. The van der Waals surface area contributed by atoms with Crippen molar-refractivity contribution in [1.29, 1.82) is 5.26 Å². The van der Waals surface area contributed by atoms with Crippen molar-refractivity contribution in [3.05, 3.63) is 97.7 Å². The lowest BCUT2D eigenvalue weighted by atomic mass is 10.0. The lowest BCUT2D eigenvalue weighted by molar-refractivity contribution is 0.301. The van der Waals surface area contributed by atoms with E-state index in [0.29, 0.717) is 11.3 Å². The summed E-state index contributed by atoms with van der Waals surface area (Å²) in [4.78, 5) is 0. The number of nitriles is 1. The minimum absolute atomic E-state index is 0.247. The van der Waals surface area contributed by atoms with Gasteiger partial charge in [0.25, 0.3) is 0 Å². The first-order valence-corrected chi connectivity index (χ1v) is 10.1. The molecule has 0 saturated carbocycles. The topological polar surface area (TPSA) is 33.0 Å². The summed E-state index contributed by atoms with van der Waals surface area (Å²) in [7, 11) is 0. The fourth-order valence-corrected chi connectivity index (χ4v) is 4.11. The highest BCUT2D eigenvalue weighted by atomic mass is 79.9. The summed E-state index contributed by atoms with van der Waals surface area (Å²) >= 11 is 7.04. The molecule has 140 valence electrons. The van der Waals surface area contributed by atoms with Crippen molar-refractivity contribution >= 4 is 43.5 Å². The van der Waals surface area contributed by atoms with Gasteiger partial charge in [-0.25, -0.2) is 4.39 Å². The average molecular weight is 501 g/mol. The monoisotopic (exact) mass is 499 g/mol. The van der Waals surface area contributed by atoms with Crippen LogP contribution in [0.2, 0.25) is 0 Å². The first-order chi connectivity index (χ1) is 13.5. The fraction of sp³-hybridized carbons (Fsp3) is 0.0870. The third-order valence-corrected chi connectivity index (χ3v) is 5.26. The SMILES string of the molecule is Cc1ccc(/C(C#N)=C/c2cc(Br)c(OCc3cccc(F)c3)c(Br)c2)cc1. The maximum Gasteiger partial charge on any atom is 0.148 e. The summed E-state index contributed by atoms with van der Waals surface area (Å²) < 4.78 is 20.6. The van der Waals surface area contributed by atoms with Crippen molar-refractivity contribution in [2.45, 2.75) is 13.5 Å². The first kappa shape index (κ1) is 20.3. The molecule has 0 bridgehead atoms. The maximum atomic E-state index is 13.3. The number of benzene rings is 3. The molecule has 3 aromatic carbocycles. The van der Waals surface area contributed by atoms with Crippen molar-refractivity contribution in [2.75, 3.05) is 0 Å². The van der Waals surface area contributed by atoms with Crippen LogP contribution in [-0.2, 0) is 6.61 Å². The van der Waals surface area contributed by atoms with Gasteiger partial charge in [-0.2, -0.15) is 5.26 Å². The molecule has 0 N–H and O–H groups in total. The van der Waals surface area contributed by atoms with E-state index in [9.17, 15) is 9.65 Å². The van der Waals surface area contributed by atoms with E-state index in [1.165, 1.54) is 12.1 Å². The lowest BCUT2D eigenvalue weighted by Crippen LogP contribution is -1.98. The van der Waals surface area contributed by atoms with Gasteiger partial charge in [0.15, 0.2) is 0 Å². The highest BCUT2D eigenvalue weighted by Crippen LogP contribution is 2.36. The molecule has 0 aliphatic rings. The number of aryl methyl sites for hydroxylation is 1. The van der Waals surface area contributed by atoms with E-state index in [0.717, 1.165) is 31.2 Å². The van der Waals surface area contributed by atoms with Crippen LogP contribution in [0.5, 0.6) is 5.75 Å².